The van der Waals surface area contributed by atoms with Gasteiger partial charge in [0.05, 0.1) is 13.7 Å². The van der Waals surface area contributed by atoms with Crippen LogP contribution in [0, 0.1) is 0 Å². The van der Waals surface area contributed by atoms with E-state index in [0.717, 1.165) is 46.8 Å². The third-order valence-corrected chi connectivity index (χ3v) is 6.32. The van der Waals surface area contributed by atoms with E-state index in [-0.39, 0.29) is 5.91 Å². The molecule has 0 aliphatic carbocycles. The van der Waals surface area contributed by atoms with Crippen LogP contribution >= 0.6 is 38.9 Å². The lowest BCUT2D eigenvalue weighted by Gasteiger charge is -2.11. The quantitative estimate of drug-likeness (QED) is 0.580. The predicted octanol–water partition coefficient (Wildman–Crippen LogP) is 5.40. The van der Waals surface area contributed by atoms with Crippen molar-refractivity contribution in [2.75, 3.05) is 5.32 Å². The zero-order valence-electron chi connectivity index (χ0n) is 13.8. The maximum atomic E-state index is 12.4. The number of hydrogen-bond acceptors (Lipinski definition) is 4. The van der Waals surface area contributed by atoms with Gasteiger partial charge in [-0.1, -0.05) is 18.0 Å². The summed E-state index contributed by atoms with van der Waals surface area (Å²) in [6.07, 6.45) is 4.38. The molecule has 4 rings (SSSR count). The average molecular weight is 452 g/mol. The number of carbonyl (C=O) groups excluding carboxylic acids is 1. The number of carbonyl (C=O) groups is 1. The number of nitrogens with zero attached hydrogens (tertiary/aromatic N) is 3. The van der Waals surface area contributed by atoms with Crippen LogP contribution in [-0.2, 0) is 13.0 Å². The van der Waals surface area contributed by atoms with Gasteiger partial charge in [0.2, 0.25) is 0 Å². The Hall–Kier alpha value is -1.70. The lowest BCUT2D eigenvalue weighted by Crippen LogP contribution is -2.10. The topological polar surface area (TPSA) is 59.8 Å². The van der Waals surface area contributed by atoms with Gasteiger partial charge in [0.1, 0.15) is 5.82 Å². The second-order valence-electron chi connectivity index (χ2n) is 6.15. The summed E-state index contributed by atoms with van der Waals surface area (Å²) in [5.74, 6) is 1.63. The Morgan fingerprint density at radius 2 is 2.08 bits per heavy atom. The van der Waals surface area contributed by atoms with E-state index < -0.39 is 0 Å². The van der Waals surface area contributed by atoms with Crippen molar-refractivity contribution < 1.29 is 4.79 Å². The number of fused-ring (bicyclic) bond motifs is 1. The van der Waals surface area contributed by atoms with Gasteiger partial charge in [-0.2, -0.15) is 0 Å². The van der Waals surface area contributed by atoms with Gasteiger partial charge in [0, 0.05) is 24.2 Å². The van der Waals surface area contributed by atoms with Crippen molar-refractivity contribution in [2.45, 2.75) is 32.2 Å². The number of aryl methyl sites for hydroxylation is 1. The molecule has 0 unspecified atom stereocenters. The Morgan fingerprint density at radius 3 is 2.88 bits per heavy atom. The summed E-state index contributed by atoms with van der Waals surface area (Å²) in [5, 5.41) is 12.2. The van der Waals surface area contributed by atoms with E-state index in [1.54, 1.807) is 18.2 Å². The first kappa shape index (κ1) is 17.7. The summed E-state index contributed by atoms with van der Waals surface area (Å²) in [7, 11) is 0. The third-order valence-electron chi connectivity index (χ3n) is 4.37. The monoisotopic (exact) mass is 450 g/mol. The Labute approximate surface area is 168 Å². The number of nitrogens with one attached hydrogen (secondary N) is 1. The number of benzene rings is 1. The summed E-state index contributed by atoms with van der Waals surface area (Å²) in [6.45, 7) is 0.897. The van der Waals surface area contributed by atoms with Gasteiger partial charge in [-0.3, -0.25) is 4.79 Å². The smallest absolute Gasteiger partial charge is 0.265 e. The van der Waals surface area contributed by atoms with Gasteiger partial charge in [-0.05, 0) is 59.1 Å². The molecule has 3 heterocycles. The van der Waals surface area contributed by atoms with Crippen LogP contribution < -0.4 is 5.32 Å². The molecule has 1 N–H and O–H groups in total. The largest absolute Gasteiger partial charge is 0.321 e. The zero-order chi connectivity index (χ0) is 18.1. The minimum atomic E-state index is -0.144. The highest BCUT2D eigenvalue weighted by Gasteiger charge is 2.19. The second-order valence-corrected chi connectivity index (χ2v) is 9.02. The first-order valence-electron chi connectivity index (χ1n) is 8.40. The molecule has 0 radical (unpaired) electrons. The average Bonchev–Trinajstić information content (AvgIpc) is 3.16. The van der Waals surface area contributed by atoms with Gasteiger partial charge in [0.15, 0.2) is 5.82 Å². The van der Waals surface area contributed by atoms with Crippen molar-refractivity contribution in [3.05, 3.63) is 49.8 Å². The summed E-state index contributed by atoms with van der Waals surface area (Å²) >= 11 is 11.2. The number of aromatic nitrogens is 3. The molecule has 2 aromatic heterocycles. The fourth-order valence-electron chi connectivity index (χ4n) is 3.09. The molecule has 1 aliphatic rings. The van der Waals surface area contributed by atoms with E-state index in [2.05, 4.69) is 36.0 Å². The summed E-state index contributed by atoms with van der Waals surface area (Å²) in [6, 6.07) is 9.10. The molecule has 0 atom stereocenters. The van der Waals surface area contributed by atoms with Crippen molar-refractivity contribution in [3.8, 4) is 11.4 Å². The van der Waals surface area contributed by atoms with Crippen LogP contribution in [0.4, 0.5) is 5.69 Å². The first-order valence-corrected chi connectivity index (χ1v) is 10.4. The normalized spacial score (nSPS) is 13.9. The van der Waals surface area contributed by atoms with Crippen molar-refractivity contribution in [1.82, 2.24) is 14.8 Å². The number of amides is 1. The van der Waals surface area contributed by atoms with E-state index >= 15 is 0 Å². The molecule has 5 nitrogen and oxygen atoms in total. The molecule has 0 saturated heterocycles. The number of anilines is 1. The molecule has 0 bridgehead atoms. The predicted molar refractivity (Wildman–Crippen MR) is 108 cm³/mol. The van der Waals surface area contributed by atoms with Crippen LogP contribution in [-0.4, -0.2) is 20.7 Å². The van der Waals surface area contributed by atoms with E-state index in [1.807, 2.05) is 12.1 Å². The maximum Gasteiger partial charge on any atom is 0.265 e. The Morgan fingerprint density at radius 1 is 1.19 bits per heavy atom. The van der Waals surface area contributed by atoms with Crippen LogP contribution in [0.15, 0.2) is 34.1 Å². The van der Waals surface area contributed by atoms with Crippen LogP contribution in [0.2, 0.25) is 5.02 Å². The number of hydrogen-bond donors (Lipinski definition) is 1. The Kier molecular flexibility index (Phi) is 5.11. The summed E-state index contributed by atoms with van der Waals surface area (Å²) in [5.41, 5.74) is 1.47. The molecule has 8 heteroatoms. The van der Waals surface area contributed by atoms with Gasteiger partial charge in [-0.15, -0.1) is 21.5 Å². The fourth-order valence-corrected chi connectivity index (χ4v) is 4.57. The molecule has 0 saturated carbocycles. The molecule has 1 amide bonds. The van der Waals surface area contributed by atoms with E-state index in [0.29, 0.717) is 15.6 Å². The molecule has 0 spiro atoms. The highest BCUT2D eigenvalue weighted by atomic mass is 79.9. The number of halogens is 2. The first-order chi connectivity index (χ1) is 12.6. The molecule has 3 aromatic rings. The molecular weight excluding hydrogens is 436 g/mol. The van der Waals surface area contributed by atoms with E-state index in [4.69, 9.17) is 11.6 Å². The van der Waals surface area contributed by atoms with Crippen molar-refractivity contribution in [2.24, 2.45) is 0 Å². The van der Waals surface area contributed by atoms with E-state index in [9.17, 15) is 4.79 Å². The highest BCUT2D eigenvalue weighted by molar-refractivity contribution is 9.11. The van der Waals surface area contributed by atoms with Gasteiger partial charge in [-0.25, -0.2) is 0 Å². The van der Waals surface area contributed by atoms with Crippen LogP contribution in [0.1, 0.15) is 34.8 Å². The van der Waals surface area contributed by atoms with Crippen LogP contribution in [0.5, 0.6) is 0 Å². The fraction of sp³-hybridized carbons (Fsp3) is 0.278. The van der Waals surface area contributed by atoms with Crippen molar-refractivity contribution >= 4 is 50.5 Å². The molecule has 1 aliphatic heterocycles. The zero-order valence-corrected chi connectivity index (χ0v) is 17.0. The van der Waals surface area contributed by atoms with Gasteiger partial charge < -0.3 is 9.88 Å². The molecule has 1 aromatic carbocycles. The minimum absolute atomic E-state index is 0.144. The van der Waals surface area contributed by atoms with Crippen molar-refractivity contribution in [1.29, 1.82) is 0 Å². The number of rotatable bonds is 3. The minimum Gasteiger partial charge on any atom is -0.321 e. The maximum absolute atomic E-state index is 12.4. The Balaban J connectivity index is 1.65. The second kappa shape index (κ2) is 7.50. The molecule has 0 fully saturated rings. The van der Waals surface area contributed by atoms with Crippen LogP contribution in [0.25, 0.3) is 11.4 Å². The molecule has 134 valence electrons. The van der Waals surface area contributed by atoms with E-state index in [1.165, 1.54) is 17.8 Å². The molecular formula is C18H16BrClN4OS. The van der Waals surface area contributed by atoms with Gasteiger partial charge in [0.25, 0.3) is 5.91 Å². The highest BCUT2D eigenvalue weighted by Crippen LogP contribution is 2.32. The standard InChI is InChI=1S/C18H16BrClN4OS/c19-15-8-7-14(26-15)18(25)21-11-5-6-13(20)12(10-11)17-23-22-16-4-2-1-3-9-24(16)17/h5-8,10H,1-4,9H2,(H,21,25). The third kappa shape index (κ3) is 3.56. The summed E-state index contributed by atoms with van der Waals surface area (Å²) < 4.78 is 3.07. The van der Waals surface area contributed by atoms with Gasteiger partial charge >= 0.3 is 0 Å². The molecule has 26 heavy (non-hydrogen) atoms. The number of thiophene rings is 1. The Bertz CT molecular complexity index is 968. The van der Waals surface area contributed by atoms with Crippen LogP contribution in [0.3, 0.4) is 0 Å². The summed E-state index contributed by atoms with van der Waals surface area (Å²) in [4.78, 5) is 13.0. The lowest BCUT2D eigenvalue weighted by molar-refractivity contribution is 0.103. The SMILES string of the molecule is O=C(Nc1ccc(Cl)c(-c2nnc3n2CCCCC3)c1)c1ccc(Br)s1. The van der Waals surface area contributed by atoms with Crippen molar-refractivity contribution in [3.63, 3.8) is 0 Å². The lowest BCUT2D eigenvalue weighted by atomic mass is 10.1.